The van der Waals surface area contributed by atoms with E-state index in [1.807, 2.05) is 0 Å². The maximum absolute atomic E-state index is 10.7. The summed E-state index contributed by atoms with van der Waals surface area (Å²) in [7, 11) is 0. The molecule has 3 heteroatoms. The second kappa shape index (κ2) is 4.42. The molecular formula is C10H16O3. The van der Waals surface area contributed by atoms with Crippen LogP contribution in [0.25, 0.3) is 0 Å². The molecule has 1 aliphatic heterocycles. The van der Waals surface area contributed by atoms with Crippen molar-refractivity contribution in [3.05, 3.63) is 11.1 Å². The van der Waals surface area contributed by atoms with Crippen molar-refractivity contribution in [1.29, 1.82) is 0 Å². The molecule has 13 heavy (non-hydrogen) atoms. The van der Waals surface area contributed by atoms with Gasteiger partial charge >= 0.3 is 5.97 Å². The van der Waals surface area contributed by atoms with Gasteiger partial charge in [0.25, 0.3) is 0 Å². The number of carboxylic acid groups (broad SMARTS) is 1. The summed E-state index contributed by atoms with van der Waals surface area (Å²) < 4.78 is 5.46. The molecule has 1 saturated heterocycles. The van der Waals surface area contributed by atoms with E-state index in [1.165, 1.54) is 0 Å². The molecular weight excluding hydrogens is 168 g/mol. The van der Waals surface area contributed by atoms with E-state index in [1.54, 1.807) is 6.92 Å². The molecule has 0 aromatic carbocycles. The first kappa shape index (κ1) is 10.3. The van der Waals surface area contributed by atoms with E-state index in [-0.39, 0.29) is 6.10 Å². The zero-order valence-electron chi connectivity index (χ0n) is 8.17. The first-order chi connectivity index (χ1) is 6.15. The molecule has 1 atom stereocenters. The minimum Gasteiger partial charge on any atom is -0.478 e. The molecule has 0 spiro atoms. The summed E-state index contributed by atoms with van der Waals surface area (Å²) in [5, 5.41) is 8.79. The smallest absolute Gasteiger partial charge is 0.331 e. The van der Waals surface area contributed by atoms with Crippen LogP contribution in [0.15, 0.2) is 11.1 Å². The summed E-state index contributed by atoms with van der Waals surface area (Å²) >= 11 is 0. The van der Waals surface area contributed by atoms with Gasteiger partial charge in [0, 0.05) is 5.57 Å². The maximum atomic E-state index is 10.7. The number of carboxylic acids is 1. The third kappa shape index (κ3) is 2.56. The number of hydrogen-bond donors (Lipinski definition) is 1. The molecule has 1 aliphatic rings. The first-order valence-corrected chi connectivity index (χ1v) is 4.68. The molecule has 1 fully saturated rings. The quantitative estimate of drug-likeness (QED) is 0.667. The molecule has 1 heterocycles. The van der Waals surface area contributed by atoms with Crippen LogP contribution in [0, 0.1) is 0 Å². The average Bonchev–Trinajstić information content (AvgIpc) is 2.16. The molecule has 0 radical (unpaired) electrons. The van der Waals surface area contributed by atoms with Crippen molar-refractivity contribution in [3.63, 3.8) is 0 Å². The summed E-state index contributed by atoms with van der Waals surface area (Å²) in [4.78, 5) is 10.7. The summed E-state index contributed by atoms with van der Waals surface area (Å²) in [5.74, 6) is -0.799. The highest BCUT2D eigenvalue weighted by molar-refractivity contribution is 5.86. The lowest BCUT2D eigenvalue weighted by Gasteiger charge is -2.24. The summed E-state index contributed by atoms with van der Waals surface area (Å²) in [5.41, 5.74) is 1.55. The molecule has 0 amide bonds. The Kier molecular flexibility index (Phi) is 3.48. The fraction of sp³-hybridized carbons (Fsp3) is 0.700. The number of ether oxygens (including phenoxy) is 1. The third-order valence-corrected chi connectivity index (χ3v) is 2.54. The predicted octanol–water partition coefficient (Wildman–Crippen LogP) is 1.98. The van der Waals surface area contributed by atoms with E-state index in [0.29, 0.717) is 12.2 Å². The van der Waals surface area contributed by atoms with E-state index >= 15 is 0 Å². The molecule has 3 nitrogen and oxygen atoms in total. The summed E-state index contributed by atoms with van der Waals surface area (Å²) in [6.45, 7) is 4.40. The molecule has 1 rings (SSSR count). The van der Waals surface area contributed by atoms with Crippen molar-refractivity contribution in [2.45, 2.75) is 39.2 Å². The Morgan fingerprint density at radius 3 is 2.92 bits per heavy atom. The van der Waals surface area contributed by atoms with Crippen molar-refractivity contribution in [2.75, 3.05) is 6.61 Å². The molecule has 74 valence electrons. The van der Waals surface area contributed by atoms with Crippen LogP contribution >= 0.6 is 0 Å². The number of aliphatic carboxylic acids is 1. The van der Waals surface area contributed by atoms with Crippen LogP contribution in [-0.4, -0.2) is 23.8 Å². The summed E-state index contributed by atoms with van der Waals surface area (Å²) in [6, 6.07) is 0. The molecule has 0 saturated carbocycles. The summed E-state index contributed by atoms with van der Waals surface area (Å²) in [6.07, 6.45) is 2.73. The lowest BCUT2D eigenvalue weighted by molar-refractivity contribution is -0.132. The van der Waals surface area contributed by atoms with Gasteiger partial charge in [-0.05, 0) is 26.2 Å². The van der Waals surface area contributed by atoms with Crippen molar-refractivity contribution in [3.8, 4) is 0 Å². The van der Waals surface area contributed by atoms with E-state index in [2.05, 4.69) is 6.92 Å². The van der Waals surface area contributed by atoms with Gasteiger partial charge in [-0.15, -0.1) is 0 Å². The van der Waals surface area contributed by atoms with E-state index in [0.717, 1.165) is 24.8 Å². The number of hydrogen-bond acceptors (Lipinski definition) is 2. The Hall–Kier alpha value is -0.830. The van der Waals surface area contributed by atoms with Crippen molar-refractivity contribution < 1.29 is 14.6 Å². The minimum atomic E-state index is -0.799. The van der Waals surface area contributed by atoms with Gasteiger partial charge in [0.1, 0.15) is 0 Å². The molecule has 0 aromatic rings. The van der Waals surface area contributed by atoms with Gasteiger partial charge in [-0.1, -0.05) is 12.5 Å². The van der Waals surface area contributed by atoms with Gasteiger partial charge in [-0.25, -0.2) is 4.79 Å². The van der Waals surface area contributed by atoms with Crippen molar-refractivity contribution >= 4 is 5.97 Å². The Bertz CT molecular complexity index is 230. The van der Waals surface area contributed by atoms with E-state index < -0.39 is 5.97 Å². The van der Waals surface area contributed by atoms with Gasteiger partial charge in [-0.2, -0.15) is 0 Å². The van der Waals surface area contributed by atoms with Crippen LogP contribution in [0.3, 0.4) is 0 Å². The Balaban J connectivity index is 2.70. The fourth-order valence-corrected chi connectivity index (χ4v) is 1.54. The largest absolute Gasteiger partial charge is 0.478 e. The van der Waals surface area contributed by atoms with Gasteiger partial charge in [0.15, 0.2) is 0 Å². The highest BCUT2D eigenvalue weighted by atomic mass is 16.5. The van der Waals surface area contributed by atoms with E-state index in [4.69, 9.17) is 9.84 Å². The normalized spacial score (nSPS) is 27.1. The predicted molar refractivity (Wildman–Crippen MR) is 49.6 cm³/mol. The molecule has 0 bridgehead atoms. The zero-order valence-corrected chi connectivity index (χ0v) is 8.17. The van der Waals surface area contributed by atoms with Crippen LogP contribution in [0.2, 0.25) is 0 Å². The van der Waals surface area contributed by atoms with Crippen LogP contribution in [0.1, 0.15) is 33.1 Å². The van der Waals surface area contributed by atoms with Crippen LogP contribution in [-0.2, 0) is 9.53 Å². The highest BCUT2D eigenvalue weighted by Crippen LogP contribution is 2.24. The van der Waals surface area contributed by atoms with Gasteiger partial charge in [0.05, 0.1) is 12.7 Å². The Morgan fingerprint density at radius 1 is 1.69 bits per heavy atom. The van der Waals surface area contributed by atoms with Gasteiger partial charge < -0.3 is 9.84 Å². The van der Waals surface area contributed by atoms with E-state index in [9.17, 15) is 4.79 Å². The molecule has 0 aliphatic carbocycles. The maximum Gasteiger partial charge on any atom is 0.331 e. The van der Waals surface area contributed by atoms with Crippen LogP contribution in [0.4, 0.5) is 0 Å². The minimum absolute atomic E-state index is 0.220. The lowest BCUT2D eigenvalue weighted by atomic mass is 9.96. The topological polar surface area (TPSA) is 46.5 Å². The van der Waals surface area contributed by atoms with Crippen molar-refractivity contribution in [1.82, 2.24) is 0 Å². The average molecular weight is 184 g/mol. The molecule has 0 aromatic heterocycles. The second-order valence-corrected chi connectivity index (χ2v) is 3.39. The number of rotatable bonds is 2. The fourth-order valence-electron chi connectivity index (χ4n) is 1.54. The third-order valence-electron chi connectivity index (χ3n) is 2.54. The number of carbonyl (C=O) groups is 1. The standard InChI is InChI=1S/C10H16O3/c1-3-9-6-8(4-5-13-9)7(2)10(11)12/h9H,3-6H2,1-2H3,(H,11,12)/b8-7+. The first-order valence-electron chi connectivity index (χ1n) is 4.68. The lowest BCUT2D eigenvalue weighted by Crippen LogP contribution is -2.21. The second-order valence-electron chi connectivity index (χ2n) is 3.39. The monoisotopic (exact) mass is 184 g/mol. The highest BCUT2D eigenvalue weighted by Gasteiger charge is 2.19. The van der Waals surface area contributed by atoms with Gasteiger partial charge in [0.2, 0.25) is 0 Å². The van der Waals surface area contributed by atoms with Crippen LogP contribution in [0.5, 0.6) is 0 Å². The molecule has 1 N–H and O–H groups in total. The molecule has 1 unspecified atom stereocenters. The Morgan fingerprint density at radius 2 is 2.38 bits per heavy atom. The zero-order chi connectivity index (χ0) is 9.84. The van der Waals surface area contributed by atoms with Gasteiger partial charge in [-0.3, -0.25) is 0 Å². The van der Waals surface area contributed by atoms with Crippen molar-refractivity contribution in [2.24, 2.45) is 0 Å². The Labute approximate surface area is 78.4 Å². The SMILES string of the molecule is CCC1C/C(=C(\C)C(=O)O)CCO1. The van der Waals surface area contributed by atoms with Crippen LogP contribution < -0.4 is 0 Å².